The fourth-order valence-corrected chi connectivity index (χ4v) is 3.97. The molecule has 4 nitrogen and oxygen atoms in total. The SMILES string of the molecule is O=C(O)Cn1c2c(sc1=O)CC(c1ccccc1)CC2. The molecule has 1 aromatic carbocycles. The van der Waals surface area contributed by atoms with Crippen molar-refractivity contribution in [2.75, 3.05) is 0 Å². The average molecular weight is 289 g/mol. The maximum Gasteiger partial charge on any atom is 0.323 e. The minimum atomic E-state index is -0.960. The van der Waals surface area contributed by atoms with Crippen LogP contribution in [0.15, 0.2) is 35.1 Å². The van der Waals surface area contributed by atoms with Gasteiger partial charge >= 0.3 is 10.8 Å². The van der Waals surface area contributed by atoms with Crippen molar-refractivity contribution in [3.8, 4) is 0 Å². The molecule has 1 heterocycles. The monoisotopic (exact) mass is 289 g/mol. The van der Waals surface area contributed by atoms with Gasteiger partial charge in [-0.1, -0.05) is 41.7 Å². The summed E-state index contributed by atoms with van der Waals surface area (Å²) in [5, 5.41) is 8.89. The number of carboxylic acids is 1. The third kappa shape index (κ3) is 2.41. The molecule has 0 bridgehead atoms. The summed E-state index contributed by atoms with van der Waals surface area (Å²) >= 11 is 1.20. The van der Waals surface area contributed by atoms with Crippen molar-refractivity contribution < 1.29 is 9.90 Å². The second-order valence-corrected chi connectivity index (χ2v) is 6.11. The average Bonchev–Trinajstić information content (AvgIpc) is 2.75. The van der Waals surface area contributed by atoms with Gasteiger partial charge in [-0.3, -0.25) is 14.2 Å². The van der Waals surface area contributed by atoms with E-state index in [0.29, 0.717) is 5.92 Å². The summed E-state index contributed by atoms with van der Waals surface area (Å²) in [6, 6.07) is 10.3. The van der Waals surface area contributed by atoms with E-state index in [4.69, 9.17) is 5.11 Å². The molecule has 1 aromatic heterocycles. The zero-order chi connectivity index (χ0) is 14.1. The molecular formula is C15H15NO3S. The number of aromatic nitrogens is 1. The quantitative estimate of drug-likeness (QED) is 0.943. The van der Waals surface area contributed by atoms with E-state index in [0.717, 1.165) is 29.8 Å². The lowest BCUT2D eigenvalue weighted by atomic mass is 9.85. The van der Waals surface area contributed by atoms with Gasteiger partial charge < -0.3 is 5.11 Å². The fourth-order valence-electron chi connectivity index (χ4n) is 2.86. The number of nitrogens with zero attached hydrogens (tertiary/aromatic N) is 1. The molecule has 1 N–H and O–H groups in total. The Morgan fingerprint density at radius 2 is 2.10 bits per heavy atom. The maximum atomic E-state index is 11.9. The highest BCUT2D eigenvalue weighted by atomic mass is 32.1. The topological polar surface area (TPSA) is 59.3 Å². The fraction of sp³-hybridized carbons (Fsp3) is 0.333. The van der Waals surface area contributed by atoms with Gasteiger partial charge in [0, 0.05) is 10.6 Å². The Morgan fingerprint density at radius 3 is 2.80 bits per heavy atom. The van der Waals surface area contributed by atoms with E-state index in [-0.39, 0.29) is 11.4 Å². The molecule has 1 aliphatic rings. The number of carboxylic acid groups (broad SMARTS) is 1. The highest BCUT2D eigenvalue weighted by Crippen LogP contribution is 2.33. The van der Waals surface area contributed by atoms with E-state index in [1.165, 1.54) is 21.5 Å². The van der Waals surface area contributed by atoms with Crippen LogP contribution in [0.4, 0.5) is 0 Å². The van der Waals surface area contributed by atoms with Crippen molar-refractivity contribution in [1.82, 2.24) is 4.57 Å². The predicted molar refractivity (Wildman–Crippen MR) is 77.4 cm³/mol. The second kappa shape index (κ2) is 5.25. The number of aliphatic carboxylic acids is 1. The smallest absolute Gasteiger partial charge is 0.323 e. The number of rotatable bonds is 3. The Balaban J connectivity index is 1.90. The first kappa shape index (κ1) is 13.1. The summed E-state index contributed by atoms with van der Waals surface area (Å²) in [4.78, 5) is 23.6. The third-order valence-corrected chi connectivity index (χ3v) is 4.85. The molecule has 3 rings (SSSR count). The minimum absolute atomic E-state index is 0.147. The second-order valence-electron chi connectivity index (χ2n) is 5.07. The number of thiazole rings is 1. The lowest BCUT2D eigenvalue weighted by molar-refractivity contribution is -0.137. The van der Waals surface area contributed by atoms with Crippen molar-refractivity contribution in [2.45, 2.75) is 31.7 Å². The summed E-state index contributed by atoms with van der Waals surface area (Å²) in [7, 11) is 0. The van der Waals surface area contributed by atoms with Crippen LogP contribution in [0.3, 0.4) is 0 Å². The van der Waals surface area contributed by atoms with Gasteiger partial charge in [-0.2, -0.15) is 0 Å². The highest BCUT2D eigenvalue weighted by molar-refractivity contribution is 7.09. The highest BCUT2D eigenvalue weighted by Gasteiger charge is 2.25. The Labute approximate surface area is 120 Å². The maximum absolute atomic E-state index is 11.9. The summed E-state index contributed by atoms with van der Waals surface area (Å²) < 4.78 is 1.42. The number of carbonyl (C=O) groups is 1. The molecule has 0 radical (unpaired) electrons. The number of fused-ring (bicyclic) bond motifs is 1. The molecule has 0 fully saturated rings. The number of hydrogen-bond donors (Lipinski definition) is 1. The zero-order valence-corrected chi connectivity index (χ0v) is 11.7. The van der Waals surface area contributed by atoms with Crippen molar-refractivity contribution in [2.24, 2.45) is 0 Å². The molecule has 1 atom stereocenters. The Morgan fingerprint density at radius 1 is 1.35 bits per heavy atom. The molecule has 2 aromatic rings. The van der Waals surface area contributed by atoms with Crippen LogP contribution in [-0.2, 0) is 24.2 Å². The van der Waals surface area contributed by atoms with Gasteiger partial charge in [-0.25, -0.2) is 0 Å². The predicted octanol–water partition coefficient (Wildman–Crippen LogP) is 2.27. The van der Waals surface area contributed by atoms with Crippen LogP contribution in [0.2, 0.25) is 0 Å². The van der Waals surface area contributed by atoms with Gasteiger partial charge in [-0.15, -0.1) is 0 Å². The van der Waals surface area contributed by atoms with Crippen LogP contribution in [-0.4, -0.2) is 15.6 Å². The minimum Gasteiger partial charge on any atom is -0.480 e. The molecule has 0 saturated heterocycles. The summed E-state index contributed by atoms with van der Waals surface area (Å²) in [5.74, 6) is -0.530. The Bertz CT molecular complexity index is 687. The molecule has 0 saturated carbocycles. The van der Waals surface area contributed by atoms with Crippen molar-refractivity contribution >= 4 is 17.3 Å². The van der Waals surface area contributed by atoms with Crippen LogP contribution >= 0.6 is 11.3 Å². The molecule has 20 heavy (non-hydrogen) atoms. The van der Waals surface area contributed by atoms with Crippen LogP contribution in [0.5, 0.6) is 0 Å². The molecule has 5 heteroatoms. The van der Waals surface area contributed by atoms with Crippen LogP contribution < -0.4 is 4.87 Å². The van der Waals surface area contributed by atoms with Gasteiger partial charge in [0.25, 0.3) is 0 Å². The molecule has 0 amide bonds. The third-order valence-electron chi connectivity index (χ3n) is 3.80. The van der Waals surface area contributed by atoms with E-state index >= 15 is 0 Å². The standard InChI is InChI=1S/C15H15NO3S/c17-14(18)9-16-12-7-6-11(8-13(12)20-15(16)19)10-4-2-1-3-5-10/h1-5,11H,6-9H2,(H,17,18). The lowest BCUT2D eigenvalue weighted by Gasteiger charge is -2.23. The van der Waals surface area contributed by atoms with Gasteiger partial charge in [0.2, 0.25) is 0 Å². The molecule has 1 aliphatic carbocycles. The van der Waals surface area contributed by atoms with Gasteiger partial charge in [0.15, 0.2) is 0 Å². The van der Waals surface area contributed by atoms with E-state index in [1.54, 1.807) is 0 Å². The van der Waals surface area contributed by atoms with E-state index in [2.05, 4.69) is 12.1 Å². The largest absolute Gasteiger partial charge is 0.480 e. The van der Waals surface area contributed by atoms with E-state index in [9.17, 15) is 9.59 Å². The summed E-state index contributed by atoms with van der Waals surface area (Å²) in [6.07, 6.45) is 2.58. The molecule has 0 spiro atoms. The molecule has 0 aliphatic heterocycles. The first-order chi connectivity index (χ1) is 9.65. The zero-order valence-electron chi connectivity index (χ0n) is 10.9. The van der Waals surface area contributed by atoms with Gasteiger partial charge in [-0.05, 0) is 30.7 Å². The molecule has 104 valence electrons. The normalized spacial score (nSPS) is 17.7. The van der Waals surface area contributed by atoms with Gasteiger partial charge in [0.1, 0.15) is 6.54 Å². The van der Waals surface area contributed by atoms with Crippen molar-refractivity contribution in [3.63, 3.8) is 0 Å². The number of benzene rings is 1. The Kier molecular flexibility index (Phi) is 3.44. The van der Waals surface area contributed by atoms with Crippen LogP contribution in [0.25, 0.3) is 0 Å². The van der Waals surface area contributed by atoms with Gasteiger partial charge in [0.05, 0.1) is 0 Å². The lowest BCUT2D eigenvalue weighted by Crippen LogP contribution is -2.23. The first-order valence-corrected chi connectivity index (χ1v) is 7.45. The Hall–Kier alpha value is -1.88. The molecular weight excluding hydrogens is 274 g/mol. The first-order valence-electron chi connectivity index (χ1n) is 6.63. The summed E-state index contributed by atoms with van der Waals surface area (Å²) in [5.41, 5.74) is 2.22. The molecule has 1 unspecified atom stereocenters. The van der Waals surface area contributed by atoms with E-state index < -0.39 is 5.97 Å². The van der Waals surface area contributed by atoms with Crippen molar-refractivity contribution in [3.05, 3.63) is 56.1 Å². The summed E-state index contributed by atoms with van der Waals surface area (Å²) in [6.45, 7) is -0.222. The van der Waals surface area contributed by atoms with Crippen molar-refractivity contribution in [1.29, 1.82) is 0 Å². The van der Waals surface area contributed by atoms with Crippen LogP contribution in [0.1, 0.15) is 28.5 Å². The number of hydrogen-bond acceptors (Lipinski definition) is 3. The van der Waals surface area contributed by atoms with Crippen LogP contribution in [0, 0.1) is 0 Å². The van der Waals surface area contributed by atoms with E-state index in [1.807, 2.05) is 18.2 Å².